The quantitative estimate of drug-likeness (QED) is 0.806. The predicted octanol–water partition coefficient (Wildman–Crippen LogP) is 1.79. The van der Waals surface area contributed by atoms with Crippen molar-refractivity contribution in [1.29, 1.82) is 0 Å². The van der Waals surface area contributed by atoms with Crippen molar-refractivity contribution in [3.8, 4) is 0 Å². The Kier molecular flexibility index (Phi) is 3.47. The van der Waals surface area contributed by atoms with E-state index < -0.39 is 0 Å². The van der Waals surface area contributed by atoms with E-state index in [1.807, 2.05) is 13.0 Å². The number of carbonyl (C=O) groups is 2. The fourth-order valence-corrected chi connectivity index (χ4v) is 2.62. The molecule has 0 unspecified atom stereocenters. The summed E-state index contributed by atoms with van der Waals surface area (Å²) in [4.78, 5) is 24.9. The van der Waals surface area contributed by atoms with Gasteiger partial charge >= 0.3 is 0 Å². The Morgan fingerprint density at radius 2 is 2.12 bits per heavy atom. The summed E-state index contributed by atoms with van der Waals surface area (Å²) in [6, 6.07) is 1.89. The van der Waals surface area contributed by atoms with Gasteiger partial charge in [-0.1, -0.05) is 6.92 Å². The Balaban J connectivity index is 1.91. The molecule has 1 saturated carbocycles. The highest BCUT2D eigenvalue weighted by Gasteiger charge is 2.29. The van der Waals surface area contributed by atoms with Gasteiger partial charge in [-0.15, -0.1) is 11.3 Å². The number of nitrogens with one attached hydrogen (secondary N) is 2. The lowest BCUT2D eigenvalue weighted by Crippen LogP contribution is -2.42. The minimum Gasteiger partial charge on any atom is -0.273 e. The van der Waals surface area contributed by atoms with Crippen LogP contribution in [0.1, 0.15) is 39.9 Å². The van der Waals surface area contributed by atoms with Gasteiger partial charge < -0.3 is 0 Å². The van der Waals surface area contributed by atoms with E-state index in [9.17, 15) is 9.59 Å². The van der Waals surface area contributed by atoms with Crippen LogP contribution in [-0.2, 0) is 11.2 Å². The molecular formula is C12H16N2O2S. The molecule has 1 aliphatic rings. The molecule has 92 valence electrons. The average Bonchev–Trinajstić information content (AvgIpc) is 3.09. The van der Waals surface area contributed by atoms with Gasteiger partial charge in [0.1, 0.15) is 0 Å². The van der Waals surface area contributed by atoms with Gasteiger partial charge in [0.15, 0.2) is 0 Å². The van der Waals surface area contributed by atoms with Gasteiger partial charge in [-0.2, -0.15) is 0 Å². The van der Waals surface area contributed by atoms with Crippen LogP contribution in [0.25, 0.3) is 0 Å². The molecule has 1 fully saturated rings. The number of amides is 2. The van der Waals surface area contributed by atoms with Crippen molar-refractivity contribution in [1.82, 2.24) is 10.9 Å². The largest absolute Gasteiger partial charge is 0.279 e. The first-order valence-electron chi connectivity index (χ1n) is 5.81. The first-order valence-corrected chi connectivity index (χ1v) is 6.63. The van der Waals surface area contributed by atoms with Crippen LogP contribution in [0, 0.1) is 12.8 Å². The molecule has 1 aliphatic carbocycles. The van der Waals surface area contributed by atoms with E-state index in [2.05, 4.69) is 17.8 Å². The molecule has 1 heterocycles. The molecule has 2 N–H and O–H groups in total. The minimum atomic E-state index is -0.230. The predicted molar refractivity (Wildman–Crippen MR) is 66.8 cm³/mol. The molecule has 2 rings (SSSR count). The Hall–Kier alpha value is -1.36. The standard InChI is InChI=1S/C12H16N2O2S/c1-3-8-6-10(17-7(8)2)12(16)14-13-11(15)9-4-5-9/h6,9H,3-5H2,1-2H3,(H,13,15)(H,14,16). The van der Waals surface area contributed by atoms with E-state index in [0.717, 1.165) is 24.1 Å². The fourth-order valence-electron chi connectivity index (χ4n) is 1.61. The van der Waals surface area contributed by atoms with E-state index in [4.69, 9.17) is 0 Å². The molecule has 5 heteroatoms. The molecule has 4 nitrogen and oxygen atoms in total. The summed E-state index contributed by atoms with van der Waals surface area (Å²) in [6.07, 6.45) is 2.78. The zero-order valence-electron chi connectivity index (χ0n) is 10.0. The Morgan fingerprint density at radius 3 is 2.65 bits per heavy atom. The van der Waals surface area contributed by atoms with Gasteiger partial charge in [0.2, 0.25) is 5.91 Å². The SMILES string of the molecule is CCc1cc(C(=O)NNC(=O)C2CC2)sc1C. The lowest BCUT2D eigenvalue weighted by Gasteiger charge is -2.04. The van der Waals surface area contributed by atoms with Crippen molar-refractivity contribution in [3.05, 3.63) is 21.4 Å². The van der Waals surface area contributed by atoms with E-state index in [-0.39, 0.29) is 17.7 Å². The van der Waals surface area contributed by atoms with Gasteiger partial charge in [-0.25, -0.2) is 0 Å². The summed E-state index contributed by atoms with van der Waals surface area (Å²) >= 11 is 1.46. The molecule has 17 heavy (non-hydrogen) atoms. The molecule has 1 aromatic rings. The summed E-state index contributed by atoms with van der Waals surface area (Å²) < 4.78 is 0. The Bertz CT molecular complexity index is 449. The molecule has 0 aromatic carbocycles. The van der Waals surface area contributed by atoms with Crippen LogP contribution in [0.2, 0.25) is 0 Å². The van der Waals surface area contributed by atoms with Crippen molar-refractivity contribution in [2.75, 3.05) is 0 Å². The maximum Gasteiger partial charge on any atom is 0.279 e. The highest BCUT2D eigenvalue weighted by atomic mass is 32.1. The van der Waals surface area contributed by atoms with E-state index in [1.54, 1.807) is 0 Å². The Morgan fingerprint density at radius 1 is 1.41 bits per heavy atom. The molecule has 1 aromatic heterocycles. The normalized spacial score (nSPS) is 14.5. The van der Waals surface area contributed by atoms with Gasteiger partial charge in [0.25, 0.3) is 5.91 Å². The zero-order valence-corrected chi connectivity index (χ0v) is 10.8. The third-order valence-electron chi connectivity index (χ3n) is 2.87. The highest BCUT2D eigenvalue weighted by Crippen LogP contribution is 2.28. The minimum absolute atomic E-state index is 0.0812. The Labute approximate surface area is 104 Å². The van der Waals surface area contributed by atoms with Crippen LogP contribution in [-0.4, -0.2) is 11.8 Å². The van der Waals surface area contributed by atoms with Gasteiger partial charge in [-0.05, 0) is 37.8 Å². The number of hydrogen-bond donors (Lipinski definition) is 2. The monoisotopic (exact) mass is 252 g/mol. The highest BCUT2D eigenvalue weighted by molar-refractivity contribution is 7.14. The molecular weight excluding hydrogens is 236 g/mol. The van der Waals surface area contributed by atoms with Gasteiger partial charge in [-0.3, -0.25) is 20.4 Å². The van der Waals surface area contributed by atoms with Crippen LogP contribution in [0.4, 0.5) is 0 Å². The third kappa shape index (κ3) is 2.85. The lowest BCUT2D eigenvalue weighted by molar-refractivity contribution is -0.123. The zero-order chi connectivity index (χ0) is 12.4. The topological polar surface area (TPSA) is 58.2 Å². The second-order valence-corrected chi connectivity index (χ2v) is 5.52. The molecule has 0 atom stereocenters. The fraction of sp³-hybridized carbons (Fsp3) is 0.500. The van der Waals surface area contributed by atoms with E-state index >= 15 is 0 Å². The second kappa shape index (κ2) is 4.87. The van der Waals surface area contributed by atoms with Crippen LogP contribution in [0.15, 0.2) is 6.07 Å². The molecule has 2 amide bonds. The smallest absolute Gasteiger partial charge is 0.273 e. The van der Waals surface area contributed by atoms with Crippen LogP contribution < -0.4 is 10.9 Å². The maximum atomic E-state index is 11.8. The van der Waals surface area contributed by atoms with Crippen LogP contribution >= 0.6 is 11.3 Å². The molecule has 0 radical (unpaired) electrons. The summed E-state index contributed by atoms with van der Waals surface area (Å²) in [5, 5.41) is 0. The number of thiophene rings is 1. The molecule has 0 aliphatic heterocycles. The van der Waals surface area contributed by atoms with Gasteiger partial charge in [0.05, 0.1) is 4.88 Å². The van der Waals surface area contributed by atoms with Gasteiger partial charge in [0, 0.05) is 10.8 Å². The number of hydrazine groups is 1. The number of carbonyl (C=O) groups excluding carboxylic acids is 2. The summed E-state index contributed by atoms with van der Waals surface area (Å²) in [6.45, 7) is 4.06. The number of rotatable bonds is 3. The second-order valence-electron chi connectivity index (χ2n) is 4.26. The van der Waals surface area contributed by atoms with Crippen molar-refractivity contribution in [2.45, 2.75) is 33.1 Å². The van der Waals surface area contributed by atoms with Crippen LogP contribution in [0.3, 0.4) is 0 Å². The van der Waals surface area contributed by atoms with E-state index in [1.165, 1.54) is 16.9 Å². The lowest BCUT2D eigenvalue weighted by atomic mass is 10.2. The molecule has 0 saturated heterocycles. The summed E-state index contributed by atoms with van der Waals surface area (Å²) in [5.41, 5.74) is 6.10. The van der Waals surface area contributed by atoms with Crippen LogP contribution in [0.5, 0.6) is 0 Å². The number of hydrogen-bond acceptors (Lipinski definition) is 3. The molecule has 0 bridgehead atoms. The molecule has 0 spiro atoms. The third-order valence-corrected chi connectivity index (χ3v) is 3.96. The maximum absolute atomic E-state index is 11.8. The summed E-state index contributed by atoms with van der Waals surface area (Å²) in [5.74, 6) is -0.208. The van der Waals surface area contributed by atoms with Crippen molar-refractivity contribution < 1.29 is 9.59 Å². The average molecular weight is 252 g/mol. The van der Waals surface area contributed by atoms with Crippen molar-refractivity contribution in [2.24, 2.45) is 5.92 Å². The summed E-state index contributed by atoms with van der Waals surface area (Å²) in [7, 11) is 0. The first kappa shape index (κ1) is 12.1. The number of aryl methyl sites for hydroxylation is 2. The van der Waals surface area contributed by atoms with E-state index in [0.29, 0.717) is 4.88 Å². The van der Waals surface area contributed by atoms with Crippen molar-refractivity contribution in [3.63, 3.8) is 0 Å². The first-order chi connectivity index (χ1) is 8.11. The van der Waals surface area contributed by atoms with Crippen molar-refractivity contribution >= 4 is 23.2 Å².